The second-order valence-electron chi connectivity index (χ2n) is 6.13. The number of rotatable bonds is 2. The van der Waals surface area contributed by atoms with Gasteiger partial charge in [0.25, 0.3) is 5.91 Å². The van der Waals surface area contributed by atoms with E-state index in [4.69, 9.17) is 10.3 Å². The molecule has 1 atom stereocenters. The highest BCUT2D eigenvalue weighted by atomic mass is 16.5. The minimum atomic E-state index is -1.62. The van der Waals surface area contributed by atoms with E-state index in [9.17, 15) is 9.90 Å². The van der Waals surface area contributed by atoms with E-state index in [2.05, 4.69) is 20.4 Å². The molecule has 0 saturated heterocycles. The predicted octanol–water partition coefficient (Wildman–Crippen LogP) is -0.955. The predicted molar refractivity (Wildman–Crippen MR) is 84.0 cm³/mol. The van der Waals surface area contributed by atoms with Gasteiger partial charge >= 0.3 is 0 Å². The van der Waals surface area contributed by atoms with Crippen LogP contribution in [-0.2, 0) is 11.2 Å². The lowest BCUT2D eigenvalue weighted by molar-refractivity contribution is -0.138. The number of aliphatic hydroxyl groups is 1. The van der Waals surface area contributed by atoms with Gasteiger partial charge in [-0.3, -0.25) is 9.79 Å². The minimum absolute atomic E-state index is 0.0428. The zero-order valence-electron chi connectivity index (χ0n) is 13.3. The smallest absolute Gasteiger partial charge is 0.254 e. The highest BCUT2D eigenvalue weighted by Gasteiger charge is 2.40. The average Bonchev–Trinajstić information content (AvgIpc) is 2.92. The molecule has 3 heterocycles. The molecule has 2 aliphatic rings. The van der Waals surface area contributed by atoms with Crippen molar-refractivity contribution in [1.29, 1.82) is 0 Å². The Bertz CT molecular complexity index is 693. The molecule has 124 valence electrons. The van der Waals surface area contributed by atoms with Crippen molar-refractivity contribution in [3.05, 3.63) is 28.8 Å². The summed E-state index contributed by atoms with van der Waals surface area (Å²) in [7, 11) is 3.50. The fourth-order valence-electron chi connectivity index (χ4n) is 3.00. The van der Waals surface area contributed by atoms with E-state index in [1.54, 1.807) is 0 Å². The van der Waals surface area contributed by atoms with Crippen LogP contribution in [0.15, 0.2) is 27.0 Å². The number of nitrogens with one attached hydrogen (secondary N) is 1. The second kappa shape index (κ2) is 5.78. The van der Waals surface area contributed by atoms with Gasteiger partial charge in [-0.05, 0) is 7.05 Å². The summed E-state index contributed by atoms with van der Waals surface area (Å²) in [5, 5.41) is 17.2. The van der Waals surface area contributed by atoms with Gasteiger partial charge in [0.05, 0.1) is 12.3 Å². The fraction of sp³-hybridized carbons (Fsp3) is 0.533. The van der Waals surface area contributed by atoms with Crippen molar-refractivity contribution in [2.45, 2.75) is 18.4 Å². The zero-order chi connectivity index (χ0) is 16.6. The lowest BCUT2D eigenvalue weighted by Gasteiger charge is -2.26. The summed E-state index contributed by atoms with van der Waals surface area (Å²) in [4.78, 5) is 18.7. The van der Waals surface area contributed by atoms with Crippen molar-refractivity contribution in [2.24, 2.45) is 10.7 Å². The summed E-state index contributed by atoms with van der Waals surface area (Å²) in [5.74, 6) is -0.475. The fourth-order valence-corrected chi connectivity index (χ4v) is 3.00. The summed E-state index contributed by atoms with van der Waals surface area (Å²) in [6.45, 7) is 1.49. The van der Waals surface area contributed by atoms with E-state index in [0.29, 0.717) is 23.5 Å². The lowest BCUT2D eigenvalue weighted by atomic mass is 9.93. The maximum atomic E-state index is 12.0. The molecule has 1 unspecified atom stereocenters. The Morgan fingerprint density at radius 1 is 1.57 bits per heavy atom. The van der Waals surface area contributed by atoms with Gasteiger partial charge in [0.15, 0.2) is 5.60 Å². The molecular formula is C15H21N5O3. The number of aliphatic imine (C=N–C) groups is 1. The number of hydrogen-bond donors (Lipinski definition) is 3. The molecule has 1 amide bonds. The van der Waals surface area contributed by atoms with Crippen molar-refractivity contribution < 1.29 is 14.4 Å². The topological polar surface area (TPSA) is 117 Å². The summed E-state index contributed by atoms with van der Waals surface area (Å²) >= 11 is 0. The number of likely N-dealkylation sites (N-methyl/N-ethyl adjacent to an activating group) is 2. The average molecular weight is 319 g/mol. The molecule has 0 aromatic carbocycles. The Hall–Kier alpha value is -2.19. The van der Waals surface area contributed by atoms with E-state index in [1.807, 2.05) is 7.05 Å². The minimum Gasteiger partial charge on any atom is -0.402 e. The standard InChI is InChI=1S/C15H21N5O3/c1-17-14(21)15(22)5-9-7-23-19-12(9)13(18-8-15)10-6-20(2)4-3-11(10)16/h7,22H,3-6,8,16H2,1-2H3,(H,17,21). The van der Waals surface area contributed by atoms with Gasteiger partial charge in [-0.1, -0.05) is 5.16 Å². The van der Waals surface area contributed by atoms with E-state index < -0.39 is 11.5 Å². The Labute approximate surface area is 134 Å². The monoisotopic (exact) mass is 319 g/mol. The number of aromatic nitrogens is 1. The Kier molecular flexibility index (Phi) is 3.95. The largest absolute Gasteiger partial charge is 0.402 e. The molecule has 3 rings (SSSR count). The number of carbonyl (C=O) groups excluding carboxylic acids is 1. The molecule has 1 aromatic heterocycles. The van der Waals surface area contributed by atoms with Crippen molar-refractivity contribution in [2.75, 3.05) is 33.7 Å². The molecule has 0 spiro atoms. The van der Waals surface area contributed by atoms with Crippen LogP contribution in [0.25, 0.3) is 0 Å². The molecule has 8 heteroatoms. The number of carbonyl (C=O) groups is 1. The van der Waals surface area contributed by atoms with Crippen LogP contribution in [0, 0.1) is 0 Å². The third-order valence-corrected chi connectivity index (χ3v) is 4.36. The van der Waals surface area contributed by atoms with E-state index in [1.165, 1.54) is 13.3 Å². The van der Waals surface area contributed by atoms with Crippen molar-refractivity contribution in [3.63, 3.8) is 0 Å². The molecule has 2 aliphatic heterocycles. The van der Waals surface area contributed by atoms with Crippen LogP contribution >= 0.6 is 0 Å². The molecule has 0 fully saturated rings. The first-order valence-corrected chi connectivity index (χ1v) is 7.53. The van der Waals surface area contributed by atoms with Crippen LogP contribution in [0.5, 0.6) is 0 Å². The Morgan fingerprint density at radius 3 is 3.09 bits per heavy atom. The van der Waals surface area contributed by atoms with E-state index in [0.717, 1.165) is 24.2 Å². The molecule has 0 aliphatic carbocycles. The first-order valence-electron chi connectivity index (χ1n) is 7.53. The number of hydrogen-bond acceptors (Lipinski definition) is 7. The van der Waals surface area contributed by atoms with E-state index in [-0.39, 0.29) is 13.0 Å². The van der Waals surface area contributed by atoms with Gasteiger partial charge in [-0.15, -0.1) is 0 Å². The summed E-state index contributed by atoms with van der Waals surface area (Å²) in [5.41, 5.74) is 8.02. The second-order valence-corrected chi connectivity index (χ2v) is 6.13. The number of fused-ring (bicyclic) bond motifs is 1. The molecule has 23 heavy (non-hydrogen) atoms. The quantitative estimate of drug-likeness (QED) is 0.647. The van der Waals surface area contributed by atoms with Gasteiger partial charge in [-0.25, -0.2) is 0 Å². The number of amides is 1. The normalized spacial score (nSPS) is 25.6. The molecule has 0 radical (unpaired) electrons. The molecule has 0 bridgehead atoms. The summed E-state index contributed by atoms with van der Waals surface area (Å²) in [6, 6.07) is 0. The van der Waals surface area contributed by atoms with Gasteiger partial charge in [-0.2, -0.15) is 0 Å². The van der Waals surface area contributed by atoms with Crippen LogP contribution in [-0.4, -0.2) is 66.1 Å². The third kappa shape index (κ3) is 2.75. The van der Waals surface area contributed by atoms with Crippen LogP contribution in [0.3, 0.4) is 0 Å². The third-order valence-electron chi connectivity index (χ3n) is 4.36. The lowest BCUT2D eigenvalue weighted by Crippen LogP contribution is -2.49. The first-order chi connectivity index (χ1) is 10.9. The van der Waals surface area contributed by atoms with Gasteiger partial charge in [0.2, 0.25) is 0 Å². The summed E-state index contributed by atoms with van der Waals surface area (Å²) in [6.07, 6.45) is 2.30. The van der Waals surface area contributed by atoms with Crippen LogP contribution < -0.4 is 11.1 Å². The highest BCUT2D eigenvalue weighted by Crippen LogP contribution is 2.27. The van der Waals surface area contributed by atoms with Crippen LogP contribution in [0.4, 0.5) is 0 Å². The maximum absolute atomic E-state index is 12.0. The SMILES string of the molecule is CNC(=O)C1(O)CN=C(C2=C(N)CCN(C)C2)c2nocc2C1. The van der Waals surface area contributed by atoms with Gasteiger partial charge in [0.1, 0.15) is 12.0 Å². The van der Waals surface area contributed by atoms with Crippen molar-refractivity contribution >= 4 is 11.6 Å². The first kappa shape index (κ1) is 15.7. The Balaban J connectivity index is 2.06. The molecule has 0 saturated carbocycles. The zero-order valence-corrected chi connectivity index (χ0v) is 13.3. The molecule has 8 nitrogen and oxygen atoms in total. The molecule has 4 N–H and O–H groups in total. The van der Waals surface area contributed by atoms with Crippen molar-refractivity contribution in [3.8, 4) is 0 Å². The Morgan fingerprint density at radius 2 is 2.35 bits per heavy atom. The summed E-state index contributed by atoms with van der Waals surface area (Å²) < 4.78 is 5.06. The van der Waals surface area contributed by atoms with Gasteiger partial charge < -0.3 is 25.6 Å². The number of nitrogens with two attached hydrogens (primary N) is 1. The van der Waals surface area contributed by atoms with Crippen LogP contribution in [0.1, 0.15) is 17.7 Å². The molecular weight excluding hydrogens is 298 g/mol. The maximum Gasteiger partial charge on any atom is 0.254 e. The van der Waals surface area contributed by atoms with Crippen molar-refractivity contribution in [1.82, 2.24) is 15.4 Å². The molecule has 1 aromatic rings. The van der Waals surface area contributed by atoms with Gasteiger partial charge in [0, 0.05) is 49.8 Å². The van der Waals surface area contributed by atoms with E-state index >= 15 is 0 Å². The number of nitrogens with zero attached hydrogens (tertiary/aromatic N) is 3. The highest BCUT2D eigenvalue weighted by molar-refractivity contribution is 6.13. The van der Waals surface area contributed by atoms with Crippen LogP contribution in [0.2, 0.25) is 0 Å².